The highest BCUT2D eigenvalue weighted by molar-refractivity contribution is 5.84. The van der Waals surface area contributed by atoms with Gasteiger partial charge in [0, 0.05) is 29.8 Å². The molecular formula is C28H36N2O6. The fraction of sp³-hybridized carbons (Fsp3) is 0.464. The van der Waals surface area contributed by atoms with Crippen LogP contribution < -0.4 is 5.32 Å². The van der Waals surface area contributed by atoms with E-state index >= 15 is 0 Å². The van der Waals surface area contributed by atoms with Crippen LogP contribution in [0.2, 0.25) is 0 Å². The van der Waals surface area contributed by atoms with E-state index in [1.54, 1.807) is 12.1 Å². The minimum atomic E-state index is -0.592. The second kappa shape index (κ2) is 12.5. The zero-order chi connectivity index (χ0) is 25.5. The highest BCUT2D eigenvalue weighted by Crippen LogP contribution is 2.42. The Morgan fingerprint density at radius 3 is 2.53 bits per heavy atom. The number of hydrogen-bond acceptors (Lipinski definition) is 7. The van der Waals surface area contributed by atoms with E-state index in [1.807, 2.05) is 36.4 Å². The van der Waals surface area contributed by atoms with Crippen molar-refractivity contribution in [3.05, 3.63) is 77.9 Å². The average molecular weight is 497 g/mol. The third-order valence-corrected chi connectivity index (χ3v) is 7.01. The molecule has 5 atom stereocenters. The van der Waals surface area contributed by atoms with Crippen molar-refractivity contribution in [2.24, 2.45) is 5.92 Å². The van der Waals surface area contributed by atoms with Crippen molar-refractivity contribution in [3.63, 3.8) is 0 Å². The van der Waals surface area contributed by atoms with Gasteiger partial charge in [0.15, 0.2) is 6.29 Å². The summed E-state index contributed by atoms with van der Waals surface area (Å²) >= 11 is 0. The van der Waals surface area contributed by atoms with Gasteiger partial charge in [-0.05, 0) is 42.6 Å². The normalized spacial score (nSPS) is 26.5. The predicted octanol–water partition coefficient (Wildman–Crippen LogP) is 4.16. The maximum absolute atomic E-state index is 11.8. The molecule has 2 fully saturated rings. The monoisotopic (exact) mass is 496 g/mol. The van der Waals surface area contributed by atoms with E-state index in [-0.39, 0.29) is 44.0 Å². The van der Waals surface area contributed by atoms with E-state index in [4.69, 9.17) is 14.2 Å². The number of anilines is 1. The first-order chi connectivity index (χ1) is 17.5. The highest BCUT2D eigenvalue weighted by atomic mass is 16.7. The van der Waals surface area contributed by atoms with Crippen molar-refractivity contribution in [1.82, 2.24) is 4.90 Å². The topological polar surface area (TPSA) is 100 Å². The van der Waals surface area contributed by atoms with E-state index in [9.17, 15) is 15.0 Å². The minimum absolute atomic E-state index is 0.00522. The van der Waals surface area contributed by atoms with E-state index in [2.05, 4.69) is 23.7 Å². The van der Waals surface area contributed by atoms with E-state index in [0.29, 0.717) is 12.2 Å². The number of rotatable bonds is 9. The lowest BCUT2D eigenvalue weighted by Gasteiger charge is -2.43. The fourth-order valence-corrected chi connectivity index (χ4v) is 4.91. The molecule has 2 aliphatic heterocycles. The Morgan fingerprint density at radius 2 is 1.86 bits per heavy atom. The van der Waals surface area contributed by atoms with Crippen molar-refractivity contribution < 1.29 is 29.2 Å². The first kappa shape index (κ1) is 26.3. The molecule has 5 unspecified atom stereocenters. The van der Waals surface area contributed by atoms with Crippen LogP contribution in [0.25, 0.3) is 0 Å². The number of aliphatic hydroxyl groups excluding tert-OH is 2. The molecule has 2 heterocycles. The summed E-state index contributed by atoms with van der Waals surface area (Å²) in [5, 5.41) is 21.9. The van der Waals surface area contributed by atoms with Crippen LogP contribution >= 0.6 is 0 Å². The molecule has 2 aromatic carbocycles. The third kappa shape index (κ3) is 6.32. The molecule has 2 aromatic rings. The van der Waals surface area contributed by atoms with Crippen molar-refractivity contribution in [1.29, 1.82) is 0 Å². The molecule has 0 saturated carbocycles. The number of aliphatic hydroxyl groups is 2. The molecule has 3 N–H and O–H groups in total. The molecule has 0 aliphatic carbocycles. The number of carbonyl (C=O) groups is 1. The van der Waals surface area contributed by atoms with Crippen molar-refractivity contribution in [2.45, 2.75) is 50.9 Å². The van der Waals surface area contributed by atoms with Crippen LogP contribution in [0.1, 0.15) is 48.8 Å². The highest BCUT2D eigenvalue weighted by Gasteiger charge is 2.40. The molecule has 2 aliphatic rings. The standard InChI is InChI=1S/C28H36N2O6/c1-3-15-34-28(33)29-23-12-10-22(11-13-23)27-35-25(16-30-14-4-5-24(30)18-32)19(2)26(36-27)21-8-6-20(17-31)7-9-21/h3,6-13,19,24-27,31-32H,1,4-5,14-18H2,2H3,(H,29,33). The lowest BCUT2D eigenvalue weighted by atomic mass is 9.90. The first-order valence-corrected chi connectivity index (χ1v) is 12.5. The van der Waals surface area contributed by atoms with Crippen LogP contribution in [0, 0.1) is 5.92 Å². The summed E-state index contributed by atoms with van der Waals surface area (Å²) in [6.07, 6.45) is 2.13. The molecule has 0 spiro atoms. The van der Waals surface area contributed by atoms with Crippen molar-refractivity contribution >= 4 is 11.8 Å². The number of likely N-dealkylation sites (tertiary alicyclic amines) is 1. The van der Waals surface area contributed by atoms with Crippen LogP contribution in [0.3, 0.4) is 0 Å². The number of benzene rings is 2. The average Bonchev–Trinajstić information content (AvgIpc) is 3.36. The van der Waals surface area contributed by atoms with Gasteiger partial charge in [-0.2, -0.15) is 0 Å². The molecular weight excluding hydrogens is 460 g/mol. The Hall–Kier alpha value is -2.75. The third-order valence-electron chi connectivity index (χ3n) is 7.01. The summed E-state index contributed by atoms with van der Waals surface area (Å²) in [4.78, 5) is 14.1. The molecule has 8 nitrogen and oxygen atoms in total. The molecule has 4 rings (SSSR count). The van der Waals surface area contributed by atoms with Crippen LogP contribution in [0.15, 0.2) is 61.2 Å². The van der Waals surface area contributed by atoms with Crippen LogP contribution in [0.5, 0.6) is 0 Å². The number of carbonyl (C=O) groups excluding carboxylic acids is 1. The van der Waals surface area contributed by atoms with Gasteiger partial charge in [-0.15, -0.1) is 0 Å². The summed E-state index contributed by atoms with van der Waals surface area (Å²) in [5.74, 6) is 0.0711. The Kier molecular flexibility index (Phi) is 9.12. The van der Waals surface area contributed by atoms with Gasteiger partial charge in [0.05, 0.1) is 25.4 Å². The summed E-state index contributed by atoms with van der Waals surface area (Å²) in [6, 6.07) is 15.3. The van der Waals surface area contributed by atoms with Crippen LogP contribution in [-0.2, 0) is 20.8 Å². The molecule has 36 heavy (non-hydrogen) atoms. The number of nitrogens with zero attached hydrogens (tertiary/aromatic N) is 1. The molecule has 1 amide bonds. The number of hydrogen-bond donors (Lipinski definition) is 3. The SMILES string of the molecule is C=CCOC(=O)Nc1ccc(C2OC(CN3CCCC3CO)C(C)C(c3ccc(CO)cc3)O2)cc1. The molecule has 0 bridgehead atoms. The van der Waals surface area contributed by atoms with Crippen LogP contribution in [-0.4, -0.2) is 59.7 Å². The molecule has 0 radical (unpaired) electrons. The van der Waals surface area contributed by atoms with Gasteiger partial charge in [-0.3, -0.25) is 10.2 Å². The van der Waals surface area contributed by atoms with Crippen LogP contribution in [0.4, 0.5) is 10.5 Å². The van der Waals surface area contributed by atoms with Gasteiger partial charge < -0.3 is 24.4 Å². The van der Waals surface area contributed by atoms with Crippen molar-refractivity contribution in [3.8, 4) is 0 Å². The summed E-state index contributed by atoms with van der Waals surface area (Å²) in [7, 11) is 0. The Bertz CT molecular complexity index is 996. The van der Waals surface area contributed by atoms with Gasteiger partial charge >= 0.3 is 6.09 Å². The first-order valence-electron chi connectivity index (χ1n) is 12.5. The summed E-state index contributed by atoms with van der Waals surface area (Å²) < 4.78 is 18.0. The molecule has 0 aromatic heterocycles. The summed E-state index contributed by atoms with van der Waals surface area (Å²) in [5.41, 5.74) is 3.33. The lowest BCUT2D eigenvalue weighted by Crippen LogP contribution is -2.46. The van der Waals surface area contributed by atoms with Gasteiger partial charge in [-0.25, -0.2) is 4.79 Å². The smallest absolute Gasteiger partial charge is 0.411 e. The predicted molar refractivity (Wildman–Crippen MR) is 136 cm³/mol. The maximum Gasteiger partial charge on any atom is 0.411 e. The van der Waals surface area contributed by atoms with Gasteiger partial charge in [0.2, 0.25) is 0 Å². The zero-order valence-corrected chi connectivity index (χ0v) is 20.7. The second-order valence-electron chi connectivity index (χ2n) is 9.43. The number of nitrogens with one attached hydrogen (secondary N) is 1. The zero-order valence-electron chi connectivity index (χ0n) is 20.7. The van der Waals surface area contributed by atoms with E-state index in [1.165, 1.54) is 6.08 Å². The summed E-state index contributed by atoms with van der Waals surface area (Å²) in [6.45, 7) is 7.61. The number of amides is 1. The maximum atomic E-state index is 11.8. The Labute approximate surface area is 212 Å². The van der Waals surface area contributed by atoms with Crippen molar-refractivity contribution in [2.75, 3.05) is 31.6 Å². The van der Waals surface area contributed by atoms with E-state index in [0.717, 1.165) is 36.1 Å². The quantitative estimate of drug-likeness (QED) is 0.448. The molecule has 2 saturated heterocycles. The fourth-order valence-electron chi connectivity index (χ4n) is 4.91. The molecule has 8 heteroatoms. The minimum Gasteiger partial charge on any atom is -0.445 e. The van der Waals surface area contributed by atoms with Gasteiger partial charge in [0.1, 0.15) is 6.61 Å². The lowest BCUT2D eigenvalue weighted by molar-refractivity contribution is -0.276. The number of ether oxygens (including phenoxy) is 3. The molecule has 194 valence electrons. The largest absolute Gasteiger partial charge is 0.445 e. The second-order valence-corrected chi connectivity index (χ2v) is 9.43. The van der Waals surface area contributed by atoms with Gasteiger partial charge in [-0.1, -0.05) is 56.0 Å². The Balaban J connectivity index is 1.53. The Morgan fingerprint density at radius 1 is 1.14 bits per heavy atom. The van der Waals surface area contributed by atoms with E-state index < -0.39 is 12.4 Å². The van der Waals surface area contributed by atoms with Gasteiger partial charge in [0.25, 0.3) is 0 Å².